The standard InChI is InChI=1S/C13H19N3O3S/c1-8-5-11(14)12(6-9(8)2)20(18,19)16-4-3-10(7-16)13(15)17/h5-6,10H,3-4,7,14H2,1-2H3,(H2,15,17). The van der Waals surface area contributed by atoms with Crippen LogP contribution in [0.1, 0.15) is 17.5 Å². The molecular weight excluding hydrogens is 278 g/mol. The first-order valence-corrected chi connectivity index (χ1v) is 7.83. The highest BCUT2D eigenvalue weighted by Gasteiger charge is 2.35. The largest absolute Gasteiger partial charge is 0.398 e. The highest BCUT2D eigenvalue weighted by atomic mass is 32.2. The number of primary amides is 1. The van der Waals surface area contributed by atoms with Gasteiger partial charge in [0.2, 0.25) is 15.9 Å². The topological polar surface area (TPSA) is 106 Å². The van der Waals surface area contributed by atoms with Crippen LogP contribution >= 0.6 is 0 Å². The minimum Gasteiger partial charge on any atom is -0.398 e. The maximum atomic E-state index is 12.6. The van der Waals surface area contributed by atoms with Gasteiger partial charge in [0, 0.05) is 13.1 Å². The number of anilines is 1. The van der Waals surface area contributed by atoms with Crippen LogP contribution in [0.3, 0.4) is 0 Å². The molecule has 1 aromatic carbocycles. The maximum absolute atomic E-state index is 12.6. The van der Waals surface area contributed by atoms with Crippen LogP contribution in [0, 0.1) is 19.8 Å². The van der Waals surface area contributed by atoms with Crippen LogP contribution in [-0.2, 0) is 14.8 Å². The zero-order valence-electron chi connectivity index (χ0n) is 11.6. The van der Waals surface area contributed by atoms with Crippen molar-refractivity contribution in [3.63, 3.8) is 0 Å². The second-order valence-electron chi connectivity index (χ2n) is 5.23. The van der Waals surface area contributed by atoms with Gasteiger partial charge in [-0.25, -0.2) is 8.42 Å². The van der Waals surface area contributed by atoms with Crippen LogP contribution in [0.15, 0.2) is 17.0 Å². The van der Waals surface area contributed by atoms with Crippen molar-refractivity contribution in [1.82, 2.24) is 4.31 Å². The molecule has 4 N–H and O–H groups in total. The number of rotatable bonds is 3. The van der Waals surface area contributed by atoms with Gasteiger partial charge in [-0.15, -0.1) is 0 Å². The van der Waals surface area contributed by atoms with E-state index in [9.17, 15) is 13.2 Å². The van der Waals surface area contributed by atoms with Gasteiger partial charge in [-0.05, 0) is 43.5 Å². The summed E-state index contributed by atoms with van der Waals surface area (Å²) in [5.74, 6) is -0.881. The Morgan fingerprint density at radius 1 is 1.30 bits per heavy atom. The molecule has 1 atom stereocenters. The van der Waals surface area contributed by atoms with E-state index in [2.05, 4.69) is 0 Å². The molecule has 1 aliphatic heterocycles. The SMILES string of the molecule is Cc1cc(N)c(S(=O)(=O)N2CCC(C(N)=O)C2)cc1C. The van der Waals surface area contributed by atoms with Crippen molar-refractivity contribution in [3.05, 3.63) is 23.3 Å². The van der Waals surface area contributed by atoms with Crippen LogP contribution in [0.5, 0.6) is 0 Å². The second kappa shape index (κ2) is 5.06. The van der Waals surface area contributed by atoms with Crippen LogP contribution in [0.4, 0.5) is 5.69 Å². The lowest BCUT2D eigenvalue weighted by atomic mass is 10.1. The maximum Gasteiger partial charge on any atom is 0.245 e. The number of nitrogen functional groups attached to an aromatic ring is 1. The molecule has 6 nitrogen and oxygen atoms in total. The first-order valence-electron chi connectivity index (χ1n) is 6.39. The molecule has 1 saturated heterocycles. The van der Waals surface area contributed by atoms with Crippen molar-refractivity contribution in [1.29, 1.82) is 0 Å². The third-order valence-electron chi connectivity index (χ3n) is 3.80. The molecule has 0 aromatic heterocycles. The molecular formula is C13H19N3O3S. The number of nitrogens with two attached hydrogens (primary N) is 2. The normalized spacial score (nSPS) is 20.2. The summed E-state index contributed by atoms with van der Waals surface area (Å²) >= 11 is 0. The lowest BCUT2D eigenvalue weighted by Crippen LogP contribution is -2.32. The average Bonchev–Trinajstić information content (AvgIpc) is 2.83. The van der Waals surface area contributed by atoms with E-state index in [4.69, 9.17) is 11.5 Å². The minimum atomic E-state index is -3.67. The molecule has 0 saturated carbocycles. The van der Waals surface area contributed by atoms with Crippen LogP contribution in [-0.4, -0.2) is 31.7 Å². The minimum absolute atomic E-state index is 0.103. The summed E-state index contributed by atoms with van der Waals surface area (Å²) in [6, 6.07) is 3.24. The molecule has 7 heteroatoms. The molecule has 2 rings (SSSR count). The molecule has 0 radical (unpaired) electrons. The van der Waals surface area contributed by atoms with Crippen LogP contribution in [0.2, 0.25) is 0 Å². The molecule has 1 unspecified atom stereocenters. The summed E-state index contributed by atoms with van der Waals surface area (Å²) in [4.78, 5) is 11.3. The Labute approximate surface area is 118 Å². The summed E-state index contributed by atoms with van der Waals surface area (Å²) in [5.41, 5.74) is 13.1. The van der Waals surface area contributed by atoms with Crippen molar-refractivity contribution >= 4 is 21.6 Å². The number of hydrogen-bond donors (Lipinski definition) is 2. The van der Waals surface area contributed by atoms with E-state index < -0.39 is 21.8 Å². The number of amides is 1. The highest BCUT2D eigenvalue weighted by molar-refractivity contribution is 7.89. The summed E-state index contributed by atoms with van der Waals surface area (Å²) in [6.45, 7) is 4.14. The third-order valence-corrected chi connectivity index (χ3v) is 5.72. The molecule has 0 aliphatic carbocycles. The smallest absolute Gasteiger partial charge is 0.245 e. The fourth-order valence-electron chi connectivity index (χ4n) is 2.35. The van der Waals surface area contributed by atoms with E-state index in [1.54, 1.807) is 12.1 Å². The van der Waals surface area contributed by atoms with Crippen molar-refractivity contribution < 1.29 is 13.2 Å². The highest BCUT2D eigenvalue weighted by Crippen LogP contribution is 2.29. The molecule has 1 aromatic rings. The quantitative estimate of drug-likeness (QED) is 0.786. The van der Waals surface area contributed by atoms with Crippen molar-refractivity contribution in [3.8, 4) is 0 Å². The Balaban J connectivity index is 2.37. The monoisotopic (exact) mass is 297 g/mol. The molecule has 110 valence electrons. The molecule has 1 heterocycles. The predicted octanol–water partition coefficient (Wildman–Crippen LogP) is 0.382. The molecule has 1 amide bonds. The zero-order chi connectivity index (χ0) is 15.1. The van der Waals surface area contributed by atoms with Gasteiger partial charge in [0.1, 0.15) is 4.90 Å². The van der Waals surface area contributed by atoms with Gasteiger partial charge in [0.05, 0.1) is 11.6 Å². The van der Waals surface area contributed by atoms with Gasteiger partial charge in [-0.2, -0.15) is 4.31 Å². The Bertz CT molecular complexity index is 655. The number of aryl methyl sites for hydroxylation is 2. The number of carbonyl (C=O) groups excluding carboxylic acids is 1. The Hall–Kier alpha value is -1.60. The van der Waals surface area contributed by atoms with E-state index in [-0.39, 0.29) is 17.1 Å². The molecule has 0 spiro atoms. The van der Waals surface area contributed by atoms with Gasteiger partial charge in [0.15, 0.2) is 0 Å². The van der Waals surface area contributed by atoms with Gasteiger partial charge in [-0.3, -0.25) is 4.79 Å². The van der Waals surface area contributed by atoms with Crippen LogP contribution < -0.4 is 11.5 Å². The van der Waals surface area contributed by atoms with Crippen molar-refractivity contribution in [2.75, 3.05) is 18.8 Å². The number of carbonyl (C=O) groups is 1. The summed E-state index contributed by atoms with van der Waals surface area (Å²) in [6.07, 6.45) is 0.458. The van der Waals surface area contributed by atoms with Crippen molar-refractivity contribution in [2.45, 2.75) is 25.2 Å². The van der Waals surface area contributed by atoms with E-state index in [0.717, 1.165) is 11.1 Å². The molecule has 0 bridgehead atoms. The van der Waals surface area contributed by atoms with Crippen LogP contribution in [0.25, 0.3) is 0 Å². The number of hydrogen-bond acceptors (Lipinski definition) is 4. The van der Waals surface area contributed by atoms with Gasteiger partial charge < -0.3 is 11.5 Å². The number of nitrogens with zero attached hydrogens (tertiary/aromatic N) is 1. The molecule has 20 heavy (non-hydrogen) atoms. The fraction of sp³-hybridized carbons (Fsp3) is 0.462. The van der Waals surface area contributed by atoms with E-state index in [1.165, 1.54) is 4.31 Å². The van der Waals surface area contributed by atoms with Crippen molar-refractivity contribution in [2.24, 2.45) is 11.7 Å². The van der Waals surface area contributed by atoms with Gasteiger partial charge in [0.25, 0.3) is 0 Å². The van der Waals surface area contributed by atoms with E-state index in [1.807, 2.05) is 13.8 Å². The van der Waals surface area contributed by atoms with E-state index in [0.29, 0.717) is 13.0 Å². The first-order chi connectivity index (χ1) is 9.23. The fourth-order valence-corrected chi connectivity index (χ4v) is 4.04. The number of benzene rings is 1. The summed E-state index contributed by atoms with van der Waals surface area (Å²) in [5, 5.41) is 0. The third kappa shape index (κ3) is 2.51. The van der Waals surface area contributed by atoms with E-state index >= 15 is 0 Å². The average molecular weight is 297 g/mol. The Morgan fingerprint density at radius 3 is 2.45 bits per heavy atom. The first kappa shape index (κ1) is 14.8. The van der Waals surface area contributed by atoms with Gasteiger partial charge >= 0.3 is 0 Å². The zero-order valence-corrected chi connectivity index (χ0v) is 12.4. The Morgan fingerprint density at radius 2 is 1.90 bits per heavy atom. The molecule has 1 aliphatic rings. The second-order valence-corrected chi connectivity index (χ2v) is 7.13. The predicted molar refractivity (Wildman–Crippen MR) is 76.4 cm³/mol. The lowest BCUT2D eigenvalue weighted by Gasteiger charge is -2.18. The summed E-state index contributed by atoms with van der Waals surface area (Å²) in [7, 11) is -3.67. The lowest BCUT2D eigenvalue weighted by molar-refractivity contribution is -0.121. The Kier molecular flexibility index (Phi) is 3.75. The molecule has 1 fully saturated rings. The summed E-state index contributed by atoms with van der Waals surface area (Å²) < 4.78 is 26.4. The van der Waals surface area contributed by atoms with Gasteiger partial charge in [-0.1, -0.05) is 0 Å². The number of sulfonamides is 1.